The average molecular weight is 817 g/mol. The van der Waals surface area contributed by atoms with Crippen LogP contribution in [0.2, 0.25) is 0 Å². The molecule has 1 heterocycles. The molecule has 0 aliphatic heterocycles. The Morgan fingerprint density at radius 1 is 0.297 bits per heavy atom. The van der Waals surface area contributed by atoms with Gasteiger partial charge in [-0.2, -0.15) is 0 Å². The van der Waals surface area contributed by atoms with Crippen LogP contribution in [-0.2, 0) is 5.41 Å². The van der Waals surface area contributed by atoms with Gasteiger partial charge in [0.15, 0.2) is 0 Å². The molecule has 2 aliphatic carbocycles. The fraction of sp³-hybridized carbons (Fsp3) is 0.0164. The molecule has 0 atom stereocenters. The molecule has 3 heteroatoms. The molecule has 0 radical (unpaired) electrons. The van der Waals surface area contributed by atoms with E-state index in [1.165, 1.54) is 44.5 Å². The van der Waals surface area contributed by atoms with Crippen molar-refractivity contribution in [1.29, 1.82) is 0 Å². The third-order valence-electron chi connectivity index (χ3n) is 13.4. The summed E-state index contributed by atoms with van der Waals surface area (Å²) in [5.74, 6) is 0. The second-order valence-corrected chi connectivity index (χ2v) is 16.8. The Balaban J connectivity index is 1.13. The van der Waals surface area contributed by atoms with Crippen molar-refractivity contribution < 1.29 is 4.42 Å². The molecule has 1 aromatic heterocycles. The number of hydrogen-bond acceptors (Lipinski definition) is 3. The lowest BCUT2D eigenvalue weighted by Crippen LogP contribution is -2.26. The van der Waals surface area contributed by atoms with Gasteiger partial charge in [0.2, 0.25) is 0 Å². The molecule has 13 rings (SSSR count). The molecule has 3 nitrogen and oxygen atoms in total. The molecule has 64 heavy (non-hydrogen) atoms. The standard InChI is InChI=1S/C61H40N2O/c1-4-20-43(21-5-1)62(44-22-6-2-7-23-44)46-26-18-19-41(37-46)42-38-56-60(52-30-12-16-33-55(52)61(56)53-31-14-10-27-48(53)49-28-11-15-32-54(49)61)57(39-42)63(45-24-8-3-9-25-45)47-35-36-51-50-29-13-17-34-58(50)64-59(51)40-47/h1-40H. The van der Waals surface area contributed by atoms with E-state index in [0.717, 1.165) is 67.2 Å². The number of furan rings is 1. The SMILES string of the molecule is c1ccc(N(c2ccccc2)c2cccc(-c3cc(N(c4ccccc4)c4ccc5c(c4)oc4ccccc45)c4c(c3)C3(c5ccccc5-c5ccccc53)c3ccccc3-4)c2)cc1. The highest BCUT2D eigenvalue weighted by atomic mass is 16.3. The molecule has 10 aromatic carbocycles. The zero-order valence-electron chi connectivity index (χ0n) is 34.9. The maximum absolute atomic E-state index is 6.59. The fourth-order valence-electron chi connectivity index (χ4n) is 10.8. The Labute approximate surface area is 372 Å². The molecule has 0 amide bonds. The summed E-state index contributed by atoms with van der Waals surface area (Å²) in [5.41, 5.74) is 20.2. The van der Waals surface area contributed by atoms with E-state index < -0.39 is 5.41 Å². The quantitative estimate of drug-likeness (QED) is 0.160. The summed E-state index contributed by atoms with van der Waals surface area (Å²) in [4.78, 5) is 4.79. The summed E-state index contributed by atoms with van der Waals surface area (Å²) in [7, 11) is 0. The van der Waals surface area contributed by atoms with Gasteiger partial charge in [-0.1, -0.05) is 158 Å². The minimum absolute atomic E-state index is 0.549. The van der Waals surface area contributed by atoms with Crippen molar-refractivity contribution in [3.63, 3.8) is 0 Å². The van der Waals surface area contributed by atoms with E-state index in [-0.39, 0.29) is 0 Å². The van der Waals surface area contributed by atoms with Gasteiger partial charge in [0.05, 0.1) is 11.1 Å². The van der Waals surface area contributed by atoms with Gasteiger partial charge in [-0.3, -0.25) is 0 Å². The van der Waals surface area contributed by atoms with Gasteiger partial charge in [0.25, 0.3) is 0 Å². The molecule has 0 N–H and O–H groups in total. The van der Waals surface area contributed by atoms with Crippen molar-refractivity contribution in [2.75, 3.05) is 9.80 Å². The lowest BCUT2D eigenvalue weighted by molar-refractivity contribution is 0.669. The maximum Gasteiger partial charge on any atom is 0.137 e. The first-order chi connectivity index (χ1) is 31.8. The average Bonchev–Trinajstić information content (AvgIpc) is 3.99. The van der Waals surface area contributed by atoms with Gasteiger partial charge in [-0.25, -0.2) is 0 Å². The fourth-order valence-corrected chi connectivity index (χ4v) is 10.8. The molecule has 1 spiro atoms. The van der Waals surface area contributed by atoms with Crippen LogP contribution in [0.15, 0.2) is 247 Å². The van der Waals surface area contributed by atoms with E-state index in [2.05, 4.69) is 246 Å². The highest BCUT2D eigenvalue weighted by Gasteiger charge is 2.52. The van der Waals surface area contributed by atoms with Gasteiger partial charge in [-0.15, -0.1) is 0 Å². The number of benzene rings is 10. The van der Waals surface area contributed by atoms with E-state index in [0.29, 0.717) is 0 Å². The van der Waals surface area contributed by atoms with Gasteiger partial charge in [0.1, 0.15) is 11.2 Å². The normalized spacial score (nSPS) is 12.8. The summed E-state index contributed by atoms with van der Waals surface area (Å²) >= 11 is 0. The molecule has 0 fully saturated rings. The monoisotopic (exact) mass is 816 g/mol. The van der Waals surface area contributed by atoms with Crippen LogP contribution in [0.4, 0.5) is 34.1 Å². The van der Waals surface area contributed by atoms with Gasteiger partial charge in [0, 0.05) is 50.8 Å². The molecule has 0 unspecified atom stereocenters. The van der Waals surface area contributed by atoms with Crippen molar-refractivity contribution in [3.8, 4) is 33.4 Å². The Morgan fingerprint density at radius 2 is 0.797 bits per heavy atom. The summed E-state index contributed by atoms with van der Waals surface area (Å²) in [6.45, 7) is 0. The molecule has 300 valence electrons. The van der Waals surface area contributed by atoms with E-state index in [1.54, 1.807) is 0 Å². The minimum atomic E-state index is -0.549. The summed E-state index contributed by atoms with van der Waals surface area (Å²) in [6.07, 6.45) is 0. The smallest absolute Gasteiger partial charge is 0.137 e. The Bertz CT molecular complexity index is 3490. The summed E-state index contributed by atoms with van der Waals surface area (Å²) in [5, 5.41) is 2.22. The number of hydrogen-bond donors (Lipinski definition) is 0. The number of fused-ring (bicyclic) bond motifs is 13. The second kappa shape index (κ2) is 14.3. The van der Waals surface area contributed by atoms with E-state index in [1.807, 2.05) is 6.07 Å². The van der Waals surface area contributed by atoms with Gasteiger partial charge < -0.3 is 14.2 Å². The van der Waals surface area contributed by atoms with Crippen molar-refractivity contribution in [2.24, 2.45) is 0 Å². The predicted octanol–water partition coefficient (Wildman–Crippen LogP) is 16.5. The third kappa shape index (κ3) is 5.34. The minimum Gasteiger partial charge on any atom is -0.456 e. The van der Waals surface area contributed by atoms with Crippen LogP contribution in [0.1, 0.15) is 22.3 Å². The molecule has 0 saturated heterocycles. The van der Waals surface area contributed by atoms with E-state index >= 15 is 0 Å². The van der Waals surface area contributed by atoms with Crippen LogP contribution in [0.5, 0.6) is 0 Å². The zero-order valence-corrected chi connectivity index (χ0v) is 34.9. The molecule has 11 aromatic rings. The first-order valence-electron chi connectivity index (χ1n) is 22.0. The van der Waals surface area contributed by atoms with Gasteiger partial charge in [-0.05, 0) is 129 Å². The molecular weight excluding hydrogens is 777 g/mol. The summed E-state index contributed by atoms with van der Waals surface area (Å²) in [6, 6.07) is 88.3. The van der Waals surface area contributed by atoms with Crippen LogP contribution in [-0.4, -0.2) is 0 Å². The van der Waals surface area contributed by atoms with Crippen LogP contribution < -0.4 is 9.80 Å². The van der Waals surface area contributed by atoms with Crippen LogP contribution in [0, 0.1) is 0 Å². The molecule has 2 aliphatic rings. The zero-order chi connectivity index (χ0) is 42.2. The topological polar surface area (TPSA) is 19.6 Å². The van der Waals surface area contributed by atoms with Crippen molar-refractivity contribution >= 4 is 56.1 Å². The predicted molar refractivity (Wildman–Crippen MR) is 265 cm³/mol. The molecule has 0 bridgehead atoms. The lowest BCUT2D eigenvalue weighted by Gasteiger charge is -2.32. The second-order valence-electron chi connectivity index (χ2n) is 16.8. The van der Waals surface area contributed by atoms with Crippen molar-refractivity contribution in [2.45, 2.75) is 5.41 Å². The highest BCUT2D eigenvalue weighted by molar-refractivity contribution is 6.07. The first-order valence-corrected chi connectivity index (χ1v) is 22.0. The molecular formula is C61H40N2O. The number of nitrogens with zero attached hydrogens (tertiary/aromatic N) is 2. The van der Waals surface area contributed by atoms with Crippen molar-refractivity contribution in [1.82, 2.24) is 0 Å². The van der Waals surface area contributed by atoms with E-state index in [4.69, 9.17) is 4.42 Å². The maximum atomic E-state index is 6.59. The number of para-hydroxylation sites is 4. The Morgan fingerprint density at radius 3 is 1.45 bits per heavy atom. The Kier molecular flexibility index (Phi) is 8.13. The number of rotatable bonds is 7. The third-order valence-corrected chi connectivity index (χ3v) is 13.4. The van der Waals surface area contributed by atoms with Crippen LogP contribution in [0.3, 0.4) is 0 Å². The molecule has 0 saturated carbocycles. The van der Waals surface area contributed by atoms with E-state index in [9.17, 15) is 0 Å². The summed E-state index contributed by atoms with van der Waals surface area (Å²) < 4.78 is 6.59. The van der Waals surface area contributed by atoms with Crippen LogP contribution in [0.25, 0.3) is 55.3 Å². The highest BCUT2D eigenvalue weighted by Crippen LogP contribution is 2.65. The number of anilines is 6. The largest absolute Gasteiger partial charge is 0.456 e. The van der Waals surface area contributed by atoms with Crippen molar-refractivity contribution in [3.05, 3.63) is 265 Å². The lowest BCUT2D eigenvalue weighted by atomic mass is 9.70. The van der Waals surface area contributed by atoms with Gasteiger partial charge >= 0.3 is 0 Å². The van der Waals surface area contributed by atoms with Crippen LogP contribution >= 0.6 is 0 Å². The Hall–Kier alpha value is -8.40. The first kappa shape index (κ1) is 36.3.